The molecule has 0 aliphatic carbocycles. The third-order valence-corrected chi connectivity index (χ3v) is 5.55. The fraction of sp³-hybridized carbons (Fsp3) is 0.0435. The molecule has 0 unspecified atom stereocenters. The number of hydrogen-bond acceptors (Lipinski definition) is 5. The average molecular weight is 562 g/mol. The normalized spacial score (nSPS) is 10.6. The fourth-order valence-electron chi connectivity index (χ4n) is 2.49. The van der Waals surface area contributed by atoms with Crippen LogP contribution in [0.3, 0.4) is 0 Å². The Morgan fingerprint density at radius 2 is 1.72 bits per heavy atom. The lowest BCUT2D eigenvalue weighted by Gasteiger charge is -2.06. The summed E-state index contributed by atoms with van der Waals surface area (Å²) >= 11 is 8.07. The van der Waals surface area contributed by atoms with Gasteiger partial charge in [0.05, 0.1) is 11.8 Å². The first kappa shape index (κ1) is 23.4. The largest absolute Gasteiger partial charge is 0.423 e. The van der Waals surface area contributed by atoms with Gasteiger partial charge in [0.15, 0.2) is 0 Å². The summed E-state index contributed by atoms with van der Waals surface area (Å²) < 4.78 is 6.16. The number of halogens is 2. The van der Waals surface area contributed by atoms with Crippen LogP contribution in [-0.2, 0) is 9.59 Å². The summed E-state index contributed by atoms with van der Waals surface area (Å²) in [5.41, 5.74) is 4.52. The highest BCUT2D eigenvalue weighted by Crippen LogP contribution is 2.20. The van der Waals surface area contributed by atoms with Gasteiger partial charge in [-0.3, -0.25) is 9.59 Å². The van der Waals surface area contributed by atoms with Gasteiger partial charge in [-0.05, 0) is 89.2 Å². The molecular weight excluding hydrogens is 545 g/mol. The number of carbonyl (C=O) groups is 3. The van der Waals surface area contributed by atoms with E-state index in [9.17, 15) is 14.4 Å². The lowest BCUT2D eigenvalue weighted by molar-refractivity contribution is -0.136. The van der Waals surface area contributed by atoms with E-state index in [2.05, 4.69) is 38.4 Å². The number of benzene rings is 3. The molecule has 0 fully saturated rings. The van der Waals surface area contributed by atoms with Crippen molar-refractivity contribution in [3.8, 4) is 5.75 Å². The van der Waals surface area contributed by atoms with Gasteiger partial charge in [-0.25, -0.2) is 10.2 Å². The highest BCUT2D eigenvalue weighted by molar-refractivity contribution is 14.1. The van der Waals surface area contributed by atoms with E-state index in [-0.39, 0.29) is 0 Å². The van der Waals surface area contributed by atoms with Crippen LogP contribution in [0, 0.1) is 10.5 Å². The summed E-state index contributed by atoms with van der Waals surface area (Å²) in [6, 6.07) is 18.6. The van der Waals surface area contributed by atoms with E-state index in [0.717, 1.165) is 9.13 Å². The first-order valence-electron chi connectivity index (χ1n) is 9.31. The van der Waals surface area contributed by atoms with Crippen molar-refractivity contribution in [2.45, 2.75) is 6.92 Å². The zero-order valence-corrected chi connectivity index (χ0v) is 19.7. The number of amides is 2. The van der Waals surface area contributed by atoms with E-state index >= 15 is 0 Å². The molecule has 0 atom stereocenters. The van der Waals surface area contributed by atoms with E-state index < -0.39 is 17.8 Å². The number of esters is 1. The Bertz CT molecular complexity index is 1200. The first-order chi connectivity index (χ1) is 15.3. The minimum Gasteiger partial charge on any atom is -0.423 e. The molecule has 0 radical (unpaired) electrons. The van der Waals surface area contributed by atoms with Crippen molar-refractivity contribution in [1.82, 2.24) is 5.43 Å². The molecule has 0 saturated carbocycles. The molecule has 3 aromatic rings. The zero-order chi connectivity index (χ0) is 23.1. The Morgan fingerprint density at radius 3 is 2.41 bits per heavy atom. The second kappa shape index (κ2) is 10.9. The second-order valence-corrected chi connectivity index (χ2v) is 8.13. The Balaban J connectivity index is 1.52. The number of anilines is 1. The Kier molecular flexibility index (Phi) is 7.96. The number of nitrogens with zero attached hydrogens (tertiary/aromatic N) is 1. The number of carbonyl (C=O) groups excluding carboxylic acids is 3. The molecule has 0 aromatic heterocycles. The maximum Gasteiger partial charge on any atom is 0.344 e. The van der Waals surface area contributed by atoms with Gasteiger partial charge in [-0.15, -0.1) is 0 Å². The summed E-state index contributed by atoms with van der Waals surface area (Å²) in [6.45, 7) is 1.83. The molecule has 0 bridgehead atoms. The molecule has 2 N–H and O–H groups in total. The summed E-state index contributed by atoms with van der Waals surface area (Å²) in [5.74, 6) is -1.89. The van der Waals surface area contributed by atoms with Crippen LogP contribution in [-0.4, -0.2) is 24.0 Å². The number of hydrogen-bond donors (Lipinski definition) is 2. The lowest BCUT2D eigenvalue weighted by Crippen LogP contribution is -2.32. The topological polar surface area (TPSA) is 96.9 Å². The molecule has 3 rings (SSSR count). The third-order valence-electron chi connectivity index (χ3n) is 4.20. The van der Waals surface area contributed by atoms with Crippen molar-refractivity contribution in [3.05, 3.63) is 92.0 Å². The zero-order valence-electron chi connectivity index (χ0n) is 16.8. The molecule has 0 spiro atoms. The van der Waals surface area contributed by atoms with Gasteiger partial charge in [-0.2, -0.15) is 5.10 Å². The number of hydrazone groups is 1. The van der Waals surface area contributed by atoms with Crippen LogP contribution >= 0.6 is 34.2 Å². The molecule has 32 heavy (non-hydrogen) atoms. The molecule has 0 heterocycles. The van der Waals surface area contributed by atoms with E-state index in [4.69, 9.17) is 16.3 Å². The van der Waals surface area contributed by atoms with Crippen LogP contribution in [0.1, 0.15) is 21.5 Å². The van der Waals surface area contributed by atoms with Gasteiger partial charge < -0.3 is 10.1 Å². The number of nitrogens with one attached hydrogen (secondary N) is 2. The molecule has 2 amide bonds. The van der Waals surface area contributed by atoms with Crippen molar-refractivity contribution in [3.63, 3.8) is 0 Å². The number of rotatable bonds is 5. The number of aryl methyl sites for hydroxylation is 1. The molecule has 0 aliphatic heterocycles. The summed E-state index contributed by atoms with van der Waals surface area (Å²) in [4.78, 5) is 36.1. The Hall–Kier alpha value is -3.24. The van der Waals surface area contributed by atoms with Gasteiger partial charge in [0.2, 0.25) is 0 Å². The van der Waals surface area contributed by atoms with Crippen molar-refractivity contribution in [2.24, 2.45) is 5.10 Å². The molecule has 162 valence electrons. The van der Waals surface area contributed by atoms with Crippen LogP contribution < -0.4 is 15.5 Å². The van der Waals surface area contributed by atoms with E-state index in [1.54, 1.807) is 54.6 Å². The molecule has 9 heteroatoms. The Morgan fingerprint density at radius 1 is 1.00 bits per heavy atom. The van der Waals surface area contributed by atoms with Crippen LogP contribution in [0.25, 0.3) is 0 Å². The lowest BCUT2D eigenvalue weighted by atomic mass is 10.2. The summed E-state index contributed by atoms with van der Waals surface area (Å²) in [5, 5.41) is 6.69. The highest BCUT2D eigenvalue weighted by Gasteiger charge is 2.14. The van der Waals surface area contributed by atoms with Gasteiger partial charge >= 0.3 is 17.8 Å². The standard InChI is InChI=1S/C23H17ClIN3O4/c1-14-6-9-16(12-19(14)24)27-21(29)22(30)28-26-13-15-7-10-17(11-8-15)32-23(31)18-4-2-3-5-20(18)25/h2-13H,1H3,(H,27,29)(H,28,30)/b26-13+. The molecule has 3 aromatic carbocycles. The molecule has 7 nitrogen and oxygen atoms in total. The quantitative estimate of drug-likeness (QED) is 0.119. The predicted molar refractivity (Wildman–Crippen MR) is 131 cm³/mol. The Labute approximate surface area is 202 Å². The van der Waals surface area contributed by atoms with Crippen LogP contribution in [0.4, 0.5) is 5.69 Å². The maximum absolute atomic E-state index is 12.3. The second-order valence-electron chi connectivity index (χ2n) is 6.56. The fourth-order valence-corrected chi connectivity index (χ4v) is 3.27. The monoisotopic (exact) mass is 561 g/mol. The van der Waals surface area contributed by atoms with Crippen molar-refractivity contribution < 1.29 is 19.1 Å². The van der Waals surface area contributed by atoms with Crippen LogP contribution in [0.5, 0.6) is 5.75 Å². The molecule has 0 aliphatic rings. The van der Waals surface area contributed by atoms with Gasteiger partial charge in [0.25, 0.3) is 0 Å². The third kappa shape index (κ3) is 6.38. The van der Waals surface area contributed by atoms with Gasteiger partial charge in [0, 0.05) is 14.3 Å². The molecule has 0 saturated heterocycles. The van der Waals surface area contributed by atoms with E-state index in [1.807, 2.05) is 19.1 Å². The van der Waals surface area contributed by atoms with Gasteiger partial charge in [-0.1, -0.05) is 29.8 Å². The summed E-state index contributed by atoms with van der Waals surface area (Å²) in [6.07, 6.45) is 1.36. The summed E-state index contributed by atoms with van der Waals surface area (Å²) in [7, 11) is 0. The van der Waals surface area contributed by atoms with Gasteiger partial charge in [0.1, 0.15) is 5.75 Å². The van der Waals surface area contributed by atoms with E-state index in [0.29, 0.717) is 27.6 Å². The predicted octanol–water partition coefficient (Wildman–Crippen LogP) is 4.56. The highest BCUT2D eigenvalue weighted by atomic mass is 127. The SMILES string of the molecule is Cc1ccc(NC(=O)C(=O)N/N=C/c2ccc(OC(=O)c3ccccc3I)cc2)cc1Cl. The smallest absolute Gasteiger partial charge is 0.344 e. The number of ether oxygens (including phenoxy) is 1. The van der Waals surface area contributed by atoms with Crippen molar-refractivity contribution in [2.75, 3.05) is 5.32 Å². The maximum atomic E-state index is 12.3. The minimum atomic E-state index is -0.930. The van der Waals surface area contributed by atoms with Crippen molar-refractivity contribution in [1.29, 1.82) is 0 Å². The first-order valence-corrected chi connectivity index (χ1v) is 10.8. The molecular formula is C23H17ClIN3O4. The van der Waals surface area contributed by atoms with Crippen LogP contribution in [0.15, 0.2) is 71.8 Å². The van der Waals surface area contributed by atoms with Crippen LogP contribution in [0.2, 0.25) is 5.02 Å². The van der Waals surface area contributed by atoms with E-state index in [1.165, 1.54) is 6.21 Å². The van der Waals surface area contributed by atoms with Crippen molar-refractivity contribution >= 4 is 63.9 Å². The average Bonchev–Trinajstić information content (AvgIpc) is 2.77. The minimum absolute atomic E-state index is 0.368.